The molecular formula is C28H25N7OS. The molecule has 0 aliphatic heterocycles. The van der Waals surface area contributed by atoms with Crippen LogP contribution in [0.15, 0.2) is 66.6 Å². The Morgan fingerprint density at radius 3 is 2.70 bits per heavy atom. The summed E-state index contributed by atoms with van der Waals surface area (Å²) in [5.74, 6) is -0.0396. The molecule has 0 unspecified atom stereocenters. The lowest BCUT2D eigenvalue weighted by Crippen LogP contribution is -2.19. The first-order chi connectivity index (χ1) is 17.8. The molecule has 1 amide bonds. The molecule has 6 aromatic heterocycles. The van der Waals surface area contributed by atoms with E-state index in [9.17, 15) is 4.79 Å². The van der Waals surface area contributed by atoms with Gasteiger partial charge in [0.25, 0.3) is 0 Å². The van der Waals surface area contributed by atoms with Crippen LogP contribution in [0.1, 0.15) is 27.2 Å². The van der Waals surface area contributed by atoms with Crippen molar-refractivity contribution >= 4 is 44.9 Å². The van der Waals surface area contributed by atoms with Gasteiger partial charge in [-0.2, -0.15) is 5.10 Å². The summed E-state index contributed by atoms with van der Waals surface area (Å²) in [6.07, 6.45) is 7.54. The van der Waals surface area contributed by atoms with Crippen molar-refractivity contribution in [2.75, 3.05) is 5.32 Å². The molecule has 0 aliphatic carbocycles. The Bertz CT molecular complexity index is 1740. The molecule has 0 atom stereocenters. The van der Waals surface area contributed by atoms with Gasteiger partial charge < -0.3 is 10.3 Å². The molecule has 6 rings (SSSR count). The quantitative estimate of drug-likeness (QED) is 0.241. The van der Waals surface area contributed by atoms with Crippen LogP contribution in [0.3, 0.4) is 0 Å². The highest BCUT2D eigenvalue weighted by molar-refractivity contribution is 7.13. The van der Waals surface area contributed by atoms with E-state index >= 15 is 0 Å². The van der Waals surface area contributed by atoms with Crippen molar-refractivity contribution in [1.82, 2.24) is 30.1 Å². The summed E-state index contributed by atoms with van der Waals surface area (Å²) in [6.45, 7) is 6.11. The third-order valence-electron chi connectivity index (χ3n) is 6.00. The highest BCUT2D eigenvalue weighted by Gasteiger charge is 2.18. The van der Waals surface area contributed by atoms with Gasteiger partial charge in [0.05, 0.1) is 40.5 Å². The first-order valence-corrected chi connectivity index (χ1v) is 12.8. The lowest BCUT2D eigenvalue weighted by Gasteiger charge is -2.17. The standard InChI is InChI=1S/C28H25N7OS/c1-28(2,3)11-25(36)31-17-9-16(12-29-13-17)20-6-7-21-26(33-20)27(35-34-21)22-10-18-19(24-5-4-8-37-24)14-30-15-23(18)32-22/h4-10,12-15,32H,11H2,1-3H3,(H,31,36)(H,34,35). The molecule has 0 bridgehead atoms. The lowest BCUT2D eigenvalue weighted by atomic mass is 9.92. The summed E-state index contributed by atoms with van der Waals surface area (Å²) < 4.78 is 0. The minimum absolute atomic E-state index is 0.0396. The van der Waals surface area contributed by atoms with Gasteiger partial charge in [-0.25, -0.2) is 4.98 Å². The third-order valence-corrected chi connectivity index (χ3v) is 6.91. The van der Waals surface area contributed by atoms with Crippen LogP contribution in [0.2, 0.25) is 0 Å². The summed E-state index contributed by atoms with van der Waals surface area (Å²) >= 11 is 1.69. The first kappa shape index (κ1) is 23.1. The van der Waals surface area contributed by atoms with Gasteiger partial charge in [0.15, 0.2) is 0 Å². The minimum atomic E-state index is -0.0946. The number of hydrogen-bond donors (Lipinski definition) is 3. The number of H-pyrrole nitrogens is 2. The third kappa shape index (κ3) is 4.61. The fourth-order valence-electron chi connectivity index (χ4n) is 4.39. The van der Waals surface area contributed by atoms with Gasteiger partial charge in [-0.15, -0.1) is 11.3 Å². The van der Waals surface area contributed by atoms with Gasteiger partial charge in [-0.05, 0) is 41.1 Å². The van der Waals surface area contributed by atoms with Crippen molar-refractivity contribution in [1.29, 1.82) is 0 Å². The molecule has 6 aromatic rings. The number of carbonyl (C=O) groups is 1. The highest BCUT2D eigenvalue weighted by atomic mass is 32.1. The second kappa shape index (κ2) is 8.94. The van der Waals surface area contributed by atoms with Crippen LogP contribution in [-0.4, -0.2) is 36.0 Å². The van der Waals surface area contributed by atoms with E-state index in [4.69, 9.17) is 4.98 Å². The Kier molecular flexibility index (Phi) is 5.57. The van der Waals surface area contributed by atoms with Gasteiger partial charge in [0, 0.05) is 40.2 Å². The van der Waals surface area contributed by atoms with Gasteiger partial charge in [0.1, 0.15) is 11.2 Å². The number of pyridine rings is 3. The van der Waals surface area contributed by atoms with E-state index in [1.807, 2.05) is 57.4 Å². The zero-order chi connectivity index (χ0) is 25.6. The second-order valence-electron chi connectivity index (χ2n) is 10.2. The van der Waals surface area contributed by atoms with Crippen LogP contribution in [0.5, 0.6) is 0 Å². The highest BCUT2D eigenvalue weighted by Crippen LogP contribution is 2.35. The average Bonchev–Trinajstić information content (AvgIpc) is 3.61. The first-order valence-electron chi connectivity index (χ1n) is 12.0. The summed E-state index contributed by atoms with van der Waals surface area (Å²) in [5.41, 5.74) is 7.29. The van der Waals surface area contributed by atoms with E-state index < -0.39 is 0 Å². The number of amides is 1. The summed E-state index contributed by atoms with van der Waals surface area (Å²) in [6, 6.07) is 12.0. The lowest BCUT2D eigenvalue weighted by molar-refractivity contribution is -0.117. The second-order valence-corrected chi connectivity index (χ2v) is 11.2. The van der Waals surface area contributed by atoms with Crippen LogP contribution in [-0.2, 0) is 4.79 Å². The van der Waals surface area contributed by atoms with Crippen LogP contribution in [0, 0.1) is 5.41 Å². The zero-order valence-corrected chi connectivity index (χ0v) is 21.5. The van der Waals surface area contributed by atoms with Crippen molar-refractivity contribution in [2.24, 2.45) is 5.41 Å². The molecule has 0 aliphatic rings. The maximum Gasteiger partial charge on any atom is 0.224 e. The number of aromatic nitrogens is 6. The predicted molar refractivity (Wildman–Crippen MR) is 148 cm³/mol. The Morgan fingerprint density at radius 1 is 1.03 bits per heavy atom. The van der Waals surface area contributed by atoms with E-state index in [0.29, 0.717) is 12.1 Å². The number of rotatable bonds is 5. The Morgan fingerprint density at radius 2 is 1.89 bits per heavy atom. The van der Waals surface area contributed by atoms with Gasteiger partial charge >= 0.3 is 0 Å². The van der Waals surface area contributed by atoms with Gasteiger partial charge in [-0.1, -0.05) is 26.8 Å². The number of aromatic amines is 2. The minimum Gasteiger partial charge on any atom is -0.352 e. The molecule has 0 radical (unpaired) electrons. The molecular weight excluding hydrogens is 482 g/mol. The summed E-state index contributed by atoms with van der Waals surface area (Å²) in [7, 11) is 0. The Balaban J connectivity index is 1.36. The van der Waals surface area contributed by atoms with E-state index in [-0.39, 0.29) is 11.3 Å². The maximum atomic E-state index is 12.4. The van der Waals surface area contributed by atoms with E-state index in [2.05, 4.69) is 48.0 Å². The van der Waals surface area contributed by atoms with Crippen LogP contribution < -0.4 is 5.32 Å². The number of carbonyl (C=O) groups excluding carboxylic acids is 1. The van der Waals surface area contributed by atoms with Gasteiger partial charge in [-0.3, -0.25) is 19.9 Å². The fraction of sp³-hybridized carbons (Fsp3) is 0.179. The number of anilines is 1. The van der Waals surface area contributed by atoms with Crippen LogP contribution in [0.25, 0.3) is 55.0 Å². The SMILES string of the molecule is CC(C)(C)CC(=O)Nc1cncc(-c2ccc3[nH]nc(-c4cc5c(-c6cccs6)cncc5[nH]4)c3n2)c1. The monoisotopic (exact) mass is 507 g/mol. The predicted octanol–water partition coefficient (Wildman–Crippen LogP) is 6.67. The molecule has 0 saturated carbocycles. The molecule has 8 nitrogen and oxygen atoms in total. The largest absolute Gasteiger partial charge is 0.352 e. The maximum absolute atomic E-state index is 12.4. The molecule has 0 fully saturated rings. The molecule has 9 heteroatoms. The number of thiophene rings is 1. The van der Waals surface area contributed by atoms with Crippen LogP contribution >= 0.6 is 11.3 Å². The average molecular weight is 508 g/mol. The molecule has 6 heterocycles. The van der Waals surface area contributed by atoms with E-state index in [0.717, 1.165) is 55.0 Å². The van der Waals surface area contributed by atoms with Crippen LogP contribution in [0.4, 0.5) is 5.69 Å². The van der Waals surface area contributed by atoms with Crippen molar-refractivity contribution in [2.45, 2.75) is 27.2 Å². The normalized spacial score (nSPS) is 11.9. The fourth-order valence-corrected chi connectivity index (χ4v) is 5.14. The van der Waals surface area contributed by atoms with Crippen molar-refractivity contribution in [3.63, 3.8) is 0 Å². The smallest absolute Gasteiger partial charge is 0.224 e. The van der Waals surface area contributed by atoms with Crippen molar-refractivity contribution in [3.05, 3.63) is 66.6 Å². The number of hydrogen-bond acceptors (Lipinski definition) is 6. The number of nitrogens with one attached hydrogen (secondary N) is 3. The number of nitrogens with zero attached hydrogens (tertiary/aromatic N) is 4. The summed E-state index contributed by atoms with van der Waals surface area (Å²) in [5, 5.41) is 13.8. The van der Waals surface area contributed by atoms with Crippen molar-refractivity contribution in [3.8, 4) is 33.1 Å². The van der Waals surface area contributed by atoms with E-state index in [1.54, 1.807) is 23.7 Å². The Hall–Kier alpha value is -4.37. The zero-order valence-electron chi connectivity index (χ0n) is 20.7. The molecule has 37 heavy (non-hydrogen) atoms. The Labute approximate surface area is 217 Å². The summed E-state index contributed by atoms with van der Waals surface area (Å²) in [4.78, 5) is 30.7. The van der Waals surface area contributed by atoms with E-state index in [1.165, 1.54) is 0 Å². The number of fused-ring (bicyclic) bond motifs is 2. The molecule has 0 aromatic carbocycles. The molecule has 0 saturated heterocycles. The molecule has 184 valence electrons. The molecule has 3 N–H and O–H groups in total. The van der Waals surface area contributed by atoms with Crippen molar-refractivity contribution < 1.29 is 4.79 Å². The topological polar surface area (TPSA) is 112 Å². The molecule has 0 spiro atoms. The van der Waals surface area contributed by atoms with Gasteiger partial charge in [0.2, 0.25) is 5.91 Å².